The molecule has 4 fully saturated rings. The van der Waals surface area contributed by atoms with Gasteiger partial charge >= 0.3 is 5.97 Å². The van der Waals surface area contributed by atoms with Crippen molar-refractivity contribution < 1.29 is 25.2 Å². The van der Waals surface area contributed by atoms with Gasteiger partial charge in [0.2, 0.25) is 0 Å². The fraction of sp³-hybridized carbons (Fsp3) is 0.964. The fourth-order valence-electron chi connectivity index (χ4n) is 9.52. The molecule has 33 heavy (non-hydrogen) atoms. The molecule has 4 saturated carbocycles. The molecular weight excluding hydrogens is 416 g/mol. The molecular formula is C28H48O5. The van der Waals surface area contributed by atoms with Crippen molar-refractivity contribution in [1.29, 1.82) is 0 Å². The summed E-state index contributed by atoms with van der Waals surface area (Å²) in [4.78, 5) is 11.7. The van der Waals surface area contributed by atoms with Crippen LogP contribution in [0.3, 0.4) is 0 Å². The number of carbonyl (C=O) groups is 1. The first-order valence-electron chi connectivity index (χ1n) is 13.7. The van der Waals surface area contributed by atoms with E-state index in [0.29, 0.717) is 36.0 Å². The van der Waals surface area contributed by atoms with Crippen molar-refractivity contribution in [3.63, 3.8) is 0 Å². The molecule has 0 aromatic heterocycles. The Morgan fingerprint density at radius 3 is 2.27 bits per heavy atom. The Hall–Kier alpha value is -0.650. The van der Waals surface area contributed by atoms with Gasteiger partial charge in [0, 0.05) is 0 Å². The van der Waals surface area contributed by atoms with Crippen LogP contribution in [-0.4, -0.2) is 44.7 Å². The summed E-state index contributed by atoms with van der Waals surface area (Å²) in [5.41, 5.74) is -0.114. The summed E-state index contributed by atoms with van der Waals surface area (Å²) >= 11 is 0. The van der Waals surface area contributed by atoms with Crippen LogP contribution in [0.5, 0.6) is 0 Å². The number of carboxylic acids is 1. The molecule has 4 N–H and O–H groups in total. The van der Waals surface area contributed by atoms with E-state index in [1.165, 1.54) is 0 Å². The van der Waals surface area contributed by atoms with Crippen molar-refractivity contribution in [2.24, 2.45) is 58.2 Å². The molecule has 4 aliphatic rings. The van der Waals surface area contributed by atoms with E-state index in [1.54, 1.807) is 0 Å². The Morgan fingerprint density at radius 1 is 0.939 bits per heavy atom. The molecule has 0 saturated heterocycles. The van der Waals surface area contributed by atoms with Gasteiger partial charge in [-0.25, -0.2) is 0 Å². The predicted molar refractivity (Wildman–Crippen MR) is 128 cm³/mol. The first-order chi connectivity index (χ1) is 15.4. The van der Waals surface area contributed by atoms with E-state index in [0.717, 1.165) is 51.4 Å². The Balaban J connectivity index is 1.54. The lowest BCUT2D eigenvalue weighted by atomic mass is 9.43. The van der Waals surface area contributed by atoms with Gasteiger partial charge in [0.05, 0.1) is 24.2 Å². The molecule has 0 heterocycles. The molecule has 5 nitrogen and oxygen atoms in total. The zero-order valence-electron chi connectivity index (χ0n) is 21.4. The Labute approximate surface area is 200 Å². The van der Waals surface area contributed by atoms with Gasteiger partial charge in [0.15, 0.2) is 0 Å². The number of rotatable bonds is 6. The molecule has 0 aliphatic heterocycles. The minimum Gasteiger partial charge on any atom is -0.481 e. The lowest BCUT2D eigenvalue weighted by Crippen LogP contribution is -2.62. The van der Waals surface area contributed by atoms with E-state index >= 15 is 0 Å². The summed E-state index contributed by atoms with van der Waals surface area (Å²) in [7, 11) is 0. The molecule has 5 heteroatoms. The fourth-order valence-corrected chi connectivity index (χ4v) is 9.52. The highest BCUT2D eigenvalue weighted by atomic mass is 16.4. The van der Waals surface area contributed by atoms with Crippen LogP contribution in [0.4, 0.5) is 0 Å². The Morgan fingerprint density at radius 2 is 1.64 bits per heavy atom. The van der Waals surface area contributed by atoms with Gasteiger partial charge in [-0.05, 0) is 110 Å². The van der Waals surface area contributed by atoms with Crippen molar-refractivity contribution in [1.82, 2.24) is 0 Å². The van der Waals surface area contributed by atoms with Crippen molar-refractivity contribution >= 4 is 5.97 Å². The normalized spacial score (nSPS) is 49.1. The van der Waals surface area contributed by atoms with E-state index in [9.17, 15) is 25.2 Å². The van der Waals surface area contributed by atoms with Gasteiger partial charge in [-0.15, -0.1) is 0 Å². The minimum atomic E-state index is -0.695. The molecule has 0 aromatic rings. The zero-order chi connectivity index (χ0) is 24.3. The van der Waals surface area contributed by atoms with Gasteiger partial charge in [0.1, 0.15) is 0 Å². The largest absolute Gasteiger partial charge is 0.481 e. The van der Waals surface area contributed by atoms with Crippen molar-refractivity contribution in [3.8, 4) is 0 Å². The van der Waals surface area contributed by atoms with Crippen LogP contribution < -0.4 is 0 Å². The average molecular weight is 465 g/mol. The molecule has 0 aromatic carbocycles. The summed E-state index contributed by atoms with van der Waals surface area (Å²) < 4.78 is 0. The molecule has 4 rings (SSSR count). The average Bonchev–Trinajstić information content (AvgIpc) is 3.08. The van der Waals surface area contributed by atoms with Crippen LogP contribution >= 0.6 is 0 Å². The van der Waals surface area contributed by atoms with E-state index in [-0.39, 0.29) is 46.9 Å². The van der Waals surface area contributed by atoms with Crippen LogP contribution in [0.25, 0.3) is 0 Å². The molecule has 0 amide bonds. The maximum absolute atomic E-state index is 11.7. The van der Waals surface area contributed by atoms with Crippen LogP contribution in [0, 0.1) is 58.2 Å². The number of aliphatic hydroxyl groups is 3. The third kappa shape index (κ3) is 4.08. The molecule has 12 atom stereocenters. The topological polar surface area (TPSA) is 98.0 Å². The van der Waals surface area contributed by atoms with Crippen molar-refractivity contribution in [2.75, 3.05) is 0 Å². The highest BCUT2D eigenvalue weighted by Gasteiger charge is 2.65. The number of fused-ring (bicyclic) bond motifs is 5. The lowest BCUT2D eigenvalue weighted by molar-refractivity contribution is -0.207. The number of hydrogen-bond donors (Lipinski definition) is 4. The first-order valence-corrected chi connectivity index (χ1v) is 13.7. The third-order valence-corrected chi connectivity index (χ3v) is 11.6. The third-order valence-electron chi connectivity index (χ3n) is 11.6. The van der Waals surface area contributed by atoms with Crippen LogP contribution in [0.1, 0.15) is 92.4 Å². The smallest absolute Gasteiger partial charge is 0.306 e. The van der Waals surface area contributed by atoms with Gasteiger partial charge in [-0.1, -0.05) is 34.6 Å². The van der Waals surface area contributed by atoms with E-state index in [1.807, 2.05) is 13.8 Å². The standard InChI is InChI=1S/C28H48O5/c1-15(2)19(26(32)33)7-6-16(3)20-8-9-21-25-22(14-24(31)28(20,21)5)27(4)11-10-18(29)12-17(27)13-23(25)30/h15-25,29-31H,6-14H2,1-5H3,(H,32,33)/t16-,17+,18-,19-,20-,21+,22+,23-,24+,25+,27+,28-/m1/s1. The van der Waals surface area contributed by atoms with Gasteiger partial charge in [-0.3, -0.25) is 4.79 Å². The summed E-state index contributed by atoms with van der Waals surface area (Å²) in [6.45, 7) is 10.9. The highest BCUT2D eigenvalue weighted by molar-refractivity contribution is 5.70. The Bertz CT molecular complexity index is 723. The van der Waals surface area contributed by atoms with E-state index in [4.69, 9.17) is 0 Å². The van der Waals surface area contributed by atoms with Gasteiger partial charge in [0.25, 0.3) is 0 Å². The molecule has 0 unspecified atom stereocenters. The van der Waals surface area contributed by atoms with Gasteiger partial charge < -0.3 is 20.4 Å². The molecule has 0 bridgehead atoms. The van der Waals surface area contributed by atoms with E-state index in [2.05, 4.69) is 20.8 Å². The van der Waals surface area contributed by atoms with E-state index < -0.39 is 5.97 Å². The summed E-state index contributed by atoms with van der Waals surface area (Å²) in [5, 5.41) is 42.9. The predicted octanol–water partition coefficient (Wildman–Crippen LogP) is 4.72. The quantitative estimate of drug-likeness (QED) is 0.456. The summed E-state index contributed by atoms with van der Waals surface area (Å²) in [5.74, 6) is 1.06. The second kappa shape index (κ2) is 9.09. The SMILES string of the molecule is CC(C)[C@@H](CC[C@@H](C)[C@H]1CC[C@H]2[C@@H]3[C@H](O)C[C@@H]4C[C@H](O)CC[C@]4(C)[C@H]3C[C@H](O)[C@]12C)C(=O)O. The molecule has 0 radical (unpaired) electrons. The first kappa shape index (κ1) is 25.4. The van der Waals surface area contributed by atoms with Crippen molar-refractivity contribution in [3.05, 3.63) is 0 Å². The summed E-state index contributed by atoms with van der Waals surface area (Å²) in [6, 6.07) is 0. The zero-order valence-corrected chi connectivity index (χ0v) is 21.4. The number of carboxylic acid groups (broad SMARTS) is 1. The van der Waals surface area contributed by atoms with Gasteiger partial charge in [-0.2, -0.15) is 0 Å². The molecule has 190 valence electrons. The minimum absolute atomic E-state index is 0.0983. The van der Waals surface area contributed by atoms with Crippen LogP contribution in [0.15, 0.2) is 0 Å². The second-order valence-electron chi connectivity index (χ2n) is 13.3. The maximum atomic E-state index is 11.7. The number of aliphatic hydroxyl groups excluding tert-OH is 3. The lowest BCUT2D eigenvalue weighted by Gasteiger charge is -2.63. The maximum Gasteiger partial charge on any atom is 0.306 e. The molecule has 0 spiro atoms. The van der Waals surface area contributed by atoms with Crippen LogP contribution in [-0.2, 0) is 4.79 Å². The number of hydrogen-bond acceptors (Lipinski definition) is 4. The monoisotopic (exact) mass is 464 g/mol. The molecule has 4 aliphatic carbocycles. The highest BCUT2D eigenvalue weighted by Crippen LogP contribution is 2.68. The Kier molecular flexibility index (Phi) is 7.01. The number of aliphatic carboxylic acids is 1. The second-order valence-corrected chi connectivity index (χ2v) is 13.3. The summed E-state index contributed by atoms with van der Waals surface area (Å²) in [6.07, 6.45) is 6.87. The van der Waals surface area contributed by atoms with Crippen LogP contribution in [0.2, 0.25) is 0 Å². The van der Waals surface area contributed by atoms with Crippen molar-refractivity contribution in [2.45, 2.75) is 111 Å².